The minimum absolute atomic E-state index is 0.274. The molecule has 0 bridgehead atoms. The van der Waals surface area contributed by atoms with Gasteiger partial charge in [0, 0.05) is 19.2 Å². The first-order valence-corrected chi connectivity index (χ1v) is 10.6. The second-order valence-electron chi connectivity index (χ2n) is 8.35. The molecule has 0 spiro atoms. The summed E-state index contributed by atoms with van der Waals surface area (Å²) in [5.74, 6) is 0.547. The highest BCUT2D eigenvalue weighted by Crippen LogP contribution is 2.21. The minimum atomic E-state index is -0.315. The quantitative estimate of drug-likeness (QED) is 0.555. The summed E-state index contributed by atoms with van der Waals surface area (Å²) in [6.07, 6.45) is 1.48. The van der Waals surface area contributed by atoms with Crippen LogP contribution in [-0.2, 0) is 13.7 Å². The molecule has 1 aromatic heterocycles. The summed E-state index contributed by atoms with van der Waals surface area (Å²) >= 11 is 0. The maximum absolute atomic E-state index is 12.9. The fraction of sp³-hybridized carbons (Fsp3) is 0.320. The van der Waals surface area contributed by atoms with E-state index in [1.807, 2.05) is 52.0 Å². The number of rotatable bonds is 8. The van der Waals surface area contributed by atoms with Crippen LogP contribution in [-0.4, -0.2) is 28.1 Å². The molecule has 0 saturated heterocycles. The molecule has 7 nitrogen and oxygen atoms in total. The van der Waals surface area contributed by atoms with E-state index in [2.05, 4.69) is 21.8 Å². The Morgan fingerprint density at radius 1 is 1.09 bits per heavy atom. The number of amides is 2. The summed E-state index contributed by atoms with van der Waals surface area (Å²) < 4.78 is 7.39. The molecule has 7 heteroatoms. The number of carbonyl (C=O) groups is 2. The van der Waals surface area contributed by atoms with Crippen molar-refractivity contribution < 1.29 is 14.3 Å². The first-order valence-electron chi connectivity index (χ1n) is 10.6. The summed E-state index contributed by atoms with van der Waals surface area (Å²) in [6.45, 7) is 8.97. The Balaban J connectivity index is 1.69. The van der Waals surface area contributed by atoms with Crippen molar-refractivity contribution in [1.82, 2.24) is 15.1 Å². The molecule has 32 heavy (non-hydrogen) atoms. The van der Waals surface area contributed by atoms with E-state index in [4.69, 9.17) is 4.74 Å². The Bertz CT molecular complexity index is 1120. The molecule has 0 aliphatic heterocycles. The standard InChI is InChI=1S/C25H30N4O3/c1-16(2)13-26-25(31)23-21(14-27-29(23)5)28-24(30)20-8-6-7-19(12-20)15-32-22-10-9-17(3)11-18(22)4/h6-12,14,16H,13,15H2,1-5H3,(H,26,31)(H,28,30). The van der Waals surface area contributed by atoms with Crippen LogP contribution in [0.15, 0.2) is 48.7 Å². The van der Waals surface area contributed by atoms with E-state index in [0.717, 1.165) is 16.9 Å². The van der Waals surface area contributed by atoms with Gasteiger partial charge in [0.15, 0.2) is 0 Å². The minimum Gasteiger partial charge on any atom is -0.489 e. The van der Waals surface area contributed by atoms with Crippen molar-refractivity contribution in [2.75, 3.05) is 11.9 Å². The molecule has 0 saturated carbocycles. The molecule has 0 fully saturated rings. The molecule has 0 unspecified atom stereocenters. The van der Waals surface area contributed by atoms with E-state index in [0.29, 0.717) is 36.0 Å². The van der Waals surface area contributed by atoms with Crippen molar-refractivity contribution >= 4 is 17.5 Å². The van der Waals surface area contributed by atoms with Crippen LogP contribution in [0, 0.1) is 19.8 Å². The van der Waals surface area contributed by atoms with Gasteiger partial charge in [-0.05, 0) is 49.1 Å². The lowest BCUT2D eigenvalue weighted by Gasteiger charge is -2.12. The summed E-state index contributed by atoms with van der Waals surface area (Å²) in [5.41, 5.74) is 4.28. The van der Waals surface area contributed by atoms with Gasteiger partial charge < -0.3 is 15.4 Å². The SMILES string of the molecule is Cc1ccc(OCc2cccc(C(=O)Nc3cnn(C)c3C(=O)NCC(C)C)c2)c(C)c1. The number of nitrogens with one attached hydrogen (secondary N) is 2. The first-order chi connectivity index (χ1) is 15.2. The number of aromatic nitrogens is 2. The van der Waals surface area contributed by atoms with E-state index >= 15 is 0 Å². The molecule has 0 atom stereocenters. The van der Waals surface area contributed by atoms with Gasteiger partial charge in [-0.1, -0.05) is 43.7 Å². The third-order valence-corrected chi connectivity index (χ3v) is 4.99. The normalized spacial score (nSPS) is 10.8. The highest BCUT2D eigenvalue weighted by atomic mass is 16.5. The Morgan fingerprint density at radius 2 is 1.88 bits per heavy atom. The van der Waals surface area contributed by atoms with E-state index in [9.17, 15) is 9.59 Å². The predicted octanol–water partition coefficient (Wildman–Crippen LogP) is 4.25. The van der Waals surface area contributed by atoms with E-state index in [-0.39, 0.29) is 11.8 Å². The molecule has 3 aromatic rings. The maximum Gasteiger partial charge on any atom is 0.271 e. The zero-order chi connectivity index (χ0) is 23.3. The van der Waals surface area contributed by atoms with Gasteiger partial charge in [0.2, 0.25) is 0 Å². The van der Waals surface area contributed by atoms with Crippen LogP contribution in [0.2, 0.25) is 0 Å². The van der Waals surface area contributed by atoms with Gasteiger partial charge in [0.1, 0.15) is 18.1 Å². The third-order valence-electron chi connectivity index (χ3n) is 4.99. The van der Waals surface area contributed by atoms with Crippen LogP contribution >= 0.6 is 0 Å². The zero-order valence-corrected chi connectivity index (χ0v) is 19.2. The van der Waals surface area contributed by atoms with Gasteiger partial charge in [-0.15, -0.1) is 0 Å². The van der Waals surface area contributed by atoms with Crippen LogP contribution in [0.5, 0.6) is 5.75 Å². The van der Waals surface area contributed by atoms with Gasteiger partial charge in [0.05, 0.1) is 11.9 Å². The average molecular weight is 435 g/mol. The fourth-order valence-corrected chi connectivity index (χ4v) is 3.30. The smallest absolute Gasteiger partial charge is 0.271 e. The third kappa shape index (κ3) is 5.75. The van der Waals surface area contributed by atoms with Crippen LogP contribution in [0.3, 0.4) is 0 Å². The van der Waals surface area contributed by atoms with Crippen molar-refractivity contribution in [3.8, 4) is 5.75 Å². The molecule has 168 valence electrons. The highest BCUT2D eigenvalue weighted by Gasteiger charge is 2.19. The molecule has 0 aliphatic rings. The zero-order valence-electron chi connectivity index (χ0n) is 19.2. The summed E-state index contributed by atoms with van der Waals surface area (Å²) in [6, 6.07) is 13.3. The number of benzene rings is 2. The van der Waals surface area contributed by atoms with Crippen molar-refractivity contribution in [1.29, 1.82) is 0 Å². The topological polar surface area (TPSA) is 85.2 Å². The van der Waals surface area contributed by atoms with Gasteiger partial charge in [-0.3, -0.25) is 14.3 Å². The molecule has 1 heterocycles. The number of hydrogen-bond donors (Lipinski definition) is 2. The van der Waals surface area contributed by atoms with Crippen molar-refractivity contribution in [3.63, 3.8) is 0 Å². The number of aryl methyl sites for hydroxylation is 3. The molecule has 2 N–H and O–H groups in total. The van der Waals surface area contributed by atoms with Gasteiger partial charge in [-0.2, -0.15) is 5.10 Å². The van der Waals surface area contributed by atoms with Crippen molar-refractivity contribution in [3.05, 3.63) is 76.6 Å². The lowest BCUT2D eigenvalue weighted by molar-refractivity contribution is 0.0940. The molecule has 3 rings (SSSR count). The molecular formula is C25H30N4O3. The lowest BCUT2D eigenvalue weighted by atomic mass is 10.1. The van der Waals surface area contributed by atoms with E-state index < -0.39 is 0 Å². The van der Waals surface area contributed by atoms with Crippen LogP contribution < -0.4 is 15.4 Å². The molecule has 2 amide bonds. The summed E-state index contributed by atoms with van der Waals surface area (Å²) in [4.78, 5) is 25.4. The van der Waals surface area contributed by atoms with Crippen molar-refractivity contribution in [2.45, 2.75) is 34.3 Å². The largest absolute Gasteiger partial charge is 0.489 e. The molecular weight excluding hydrogens is 404 g/mol. The molecule has 0 aliphatic carbocycles. The number of nitrogens with zero attached hydrogens (tertiary/aromatic N) is 2. The number of anilines is 1. The Kier molecular flexibility index (Phi) is 7.30. The fourth-order valence-electron chi connectivity index (χ4n) is 3.30. The number of carbonyl (C=O) groups excluding carboxylic acids is 2. The second kappa shape index (κ2) is 10.1. The van der Waals surface area contributed by atoms with E-state index in [1.54, 1.807) is 19.2 Å². The van der Waals surface area contributed by atoms with Crippen LogP contribution in [0.4, 0.5) is 5.69 Å². The van der Waals surface area contributed by atoms with Crippen LogP contribution in [0.1, 0.15) is 51.4 Å². The monoisotopic (exact) mass is 434 g/mol. The predicted molar refractivity (Wildman–Crippen MR) is 125 cm³/mol. The maximum atomic E-state index is 12.9. The van der Waals surface area contributed by atoms with Crippen molar-refractivity contribution in [2.24, 2.45) is 13.0 Å². The molecule has 0 radical (unpaired) electrons. The van der Waals surface area contributed by atoms with Gasteiger partial charge in [-0.25, -0.2) is 0 Å². The Labute approximate surface area is 188 Å². The van der Waals surface area contributed by atoms with Gasteiger partial charge in [0.25, 0.3) is 11.8 Å². The average Bonchev–Trinajstić information content (AvgIpc) is 3.11. The second-order valence-corrected chi connectivity index (χ2v) is 8.35. The van der Waals surface area contributed by atoms with E-state index in [1.165, 1.54) is 16.4 Å². The lowest BCUT2D eigenvalue weighted by Crippen LogP contribution is -2.30. The number of ether oxygens (including phenoxy) is 1. The highest BCUT2D eigenvalue weighted by molar-refractivity contribution is 6.08. The number of hydrogen-bond acceptors (Lipinski definition) is 4. The molecule has 2 aromatic carbocycles. The summed E-state index contributed by atoms with van der Waals surface area (Å²) in [5, 5.41) is 9.80. The first kappa shape index (κ1) is 23.1. The Hall–Kier alpha value is -3.61. The summed E-state index contributed by atoms with van der Waals surface area (Å²) in [7, 11) is 1.67. The van der Waals surface area contributed by atoms with Crippen LogP contribution in [0.25, 0.3) is 0 Å². The Morgan fingerprint density at radius 3 is 2.59 bits per heavy atom. The van der Waals surface area contributed by atoms with Gasteiger partial charge >= 0.3 is 0 Å².